The minimum Gasteiger partial charge on any atom is -0.497 e. The molecule has 4 aromatic carbocycles. The quantitative estimate of drug-likeness (QED) is 0.322. The molecule has 0 heterocycles. The minimum absolute atomic E-state index is 0. The van der Waals surface area contributed by atoms with Gasteiger partial charge in [0.25, 0.3) is 0 Å². The van der Waals surface area contributed by atoms with Crippen LogP contribution in [0.15, 0.2) is 78.9 Å². The van der Waals surface area contributed by atoms with Crippen molar-refractivity contribution in [3.63, 3.8) is 0 Å². The average Bonchev–Trinajstić information content (AvgIpc) is 2.82. The molecular formula is C27H25ClFNO3. The minimum atomic E-state index is -1.28. The molecule has 0 bridgehead atoms. The van der Waals surface area contributed by atoms with E-state index >= 15 is 0 Å². The standard InChI is InChI=1S/C27H24FNO3.ClH/c1-17(19-7-5-8-22(14-19)32-2)29-16-18-12-20-6-3-4-9-23(20)24(13-18)21-10-11-26(28)25(15-21)27(30)31;/h3-15,17,29H,16H2,1-2H3,(H,30,31);1H. The lowest BCUT2D eigenvalue weighted by molar-refractivity contribution is 0.0692. The van der Waals surface area contributed by atoms with Gasteiger partial charge in [-0.2, -0.15) is 0 Å². The maximum Gasteiger partial charge on any atom is 0.338 e. The number of aromatic carboxylic acids is 1. The average molecular weight is 466 g/mol. The van der Waals surface area contributed by atoms with Gasteiger partial charge >= 0.3 is 5.97 Å². The molecule has 4 nitrogen and oxygen atoms in total. The van der Waals surface area contributed by atoms with E-state index < -0.39 is 11.8 Å². The van der Waals surface area contributed by atoms with Gasteiger partial charge in [-0.1, -0.05) is 42.5 Å². The summed E-state index contributed by atoms with van der Waals surface area (Å²) in [6.07, 6.45) is 0. The summed E-state index contributed by atoms with van der Waals surface area (Å²) in [6, 6.07) is 24.4. The van der Waals surface area contributed by atoms with E-state index in [0.29, 0.717) is 12.1 Å². The molecule has 1 unspecified atom stereocenters. The van der Waals surface area contributed by atoms with Gasteiger partial charge in [-0.3, -0.25) is 0 Å². The highest BCUT2D eigenvalue weighted by Gasteiger charge is 2.14. The summed E-state index contributed by atoms with van der Waals surface area (Å²) in [5, 5.41) is 14.9. The second-order valence-electron chi connectivity index (χ2n) is 7.74. The predicted octanol–water partition coefficient (Wildman–Crippen LogP) is 6.63. The largest absolute Gasteiger partial charge is 0.497 e. The molecule has 0 aromatic heterocycles. The Labute approximate surface area is 198 Å². The number of hydrogen-bond acceptors (Lipinski definition) is 3. The molecule has 0 saturated heterocycles. The van der Waals surface area contributed by atoms with Gasteiger partial charge in [0.15, 0.2) is 0 Å². The fourth-order valence-electron chi connectivity index (χ4n) is 3.87. The van der Waals surface area contributed by atoms with Crippen LogP contribution in [0, 0.1) is 5.82 Å². The van der Waals surface area contributed by atoms with E-state index in [9.17, 15) is 14.3 Å². The van der Waals surface area contributed by atoms with E-state index in [4.69, 9.17) is 4.74 Å². The van der Waals surface area contributed by atoms with Crippen molar-refractivity contribution in [3.05, 3.63) is 101 Å². The maximum atomic E-state index is 14.0. The van der Waals surface area contributed by atoms with Crippen molar-refractivity contribution < 1.29 is 19.0 Å². The van der Waals surface area contributed by atoms with Crippen molar-refractivity contribution in [2.45, 2.75) is 19.5 Å². The van der Waals surface area contributed by atoms with Gasteiger partial charge in [-0.15, -0.1) is 12.4 Å². The van der Waals surface area contributed by atoms with Crippen molar-refractivity contribution in [3.8, 4) is 16.9 Å². The predicted molar refractivity (Wildman–Crippen MR) is 132 cm³/mol. The van der Waals surface area contributed by atoms with E-state index in [0.717, 1.165) is 33.2 Å². The first-order valence-electron chi connectivity index (χ1n) is 10.4. The molecule has 0 fully saturated rings. The van der Waals surface area contributed by atoms with E-state index in [2.05, 4.69) is 24.4 Å². The molecule has 170 valence electrons. The van der Waals surface area contributed by atoms with Gasteiger partial charge < -0.3 is 15.2 Å². The Bertz CT molecular complexity index is 1290. The first-order valence-corrected chi connectivity index (χ1v) is 10.4. The smallest absolute Gasteiger partial charge is 0.338 e. The lowest BCUT2D eigenvalue weighted by Crippen LogP contribution is -2.18. The molecule has 6 heteroatoms. The Balaban J connectivity index is 0.00000306. The first-order chi connectivity index (χ1) is 15.5. The molecule has 1 atom stereocenters. The van der Waals surface area contributed by atoms with Crippen LogP contribution in [0.4, 0.5) is 4.39 Å². The van der Waals surface area contributed by atoms with Crippen molar-refractivity contribution in [2.75, 3.05) is 7.11 Å². The highest BCUT2D eigenvalue weighted by Crippen LogP contribution is 2.32. The Morgan fingerprint density at radius 3 is 2.58 bits per heavy atom. The molecule has 4 rings (SSSR count). The molecule has 0 aliphatic carbocycles. The first kappa shape index (κ1) is 24.2. The third-order valence-corrected chi connectivity index (χ3v) is 5.64. The number of hydrogen-bond donors (Lipinski definition) is 2. The Morgan fingerprint density at radius 2 is 1.82 bits per heavy atom. The highest BCUT2D eigenvalue weighted by molar-refractivity contribution is 5.99. The Hall–Kier alpha value is -3.41. The lowest BCUT2D eigenvalue weighted by Gasteiger charge is -2.17. The molecule has 0 aliphatic heterocycles. The monoisotopic (exact) mass is 465 g/mol. The fourth-order valence-corrected chi connectivity index (χ4v) is 3.87. The fraction of sp³-hybridized carbons (Fsp3) is 0.148. The Kier molecular flexibility index (Phi) is 7.69. The molecule has 0 amide bonds. The van der Waals surface area contributed by atoms with Gasteiger partial charge in [0.2, 0.25) is 0 Å². The molecule has 2 N–H and O–H groups in total. The van der Waals surface area contributed by atoms with Crippen LogP contribution in [-0.2, 0) is 6.54 Å². The summed E-state index contributed by atoms with van der Waals surface area (Å²) in [7, 11) is 1.65. The van der Waals surface area contributed by atoms with Crippen LogP contribution in [0.3, 0.4) is 0 Å². The van der Waals surface area contributed by atoms with Crippen molar-refractivity contribution in [2.24, 2.45) is 0 Å². The van der Waals surface area contributed by atoms with E-state index in [-0.39, 0.29) is 24.0 Å². The topological polar surface area (TPSA) is 58.6 Å². The third-order valence-electron chi connectivity index (χ3n) is 5.64. The second-order valence-corrected chi connectivity index (χ2v) is 7.74. The van der Waals surface area contributed by atoms with Crippen LogP contribution in [-0.4, -0.2) is 18.2 Å². The van der Waals surface area contributed by atoms with E-state index in [1.807, 2.05) is 48.5 Å². The molecule has 0 spiro atoms. The molecule has 0 saturated carbocycles. The SMILES string of the molecule is COc1cccc(C(C)NCc2cc(-c3ccc(F)c(C(=O)O)c3)c3ccccc3c2)c1.Cl. The van der Waals surface area contributed by atoms with Crippen LogP contribution in [0.25, 0.3) is 21.9 Å². The highest BCUT2D eigenvalue weighted by atomic mass is 35.5. The molecule has 4 aromatic rings. The zero-order chi connectivity index (χ0) is 22.7. The van der Waals surface area contributed by atoms with Crippen LogP contribution < -0.4 is 10.1 Å². The van der Waals surface area contributed by atoms with Gasteiger partial charge in [0, 0.05) is 12.6 Å². The van der Waals surface area contributed by atoms with Crippen LogP contribution in [0.2, 0.25) is 0 Å². The third kappa shape index (κ3) is 5.33. The van der Waals surface area contributed by atoms with Crippen molar-refractivity contribution in [1.29, 1.82) is 0 Å². The normalized spacial score (nSPS) is 11.6. The molecule has 0 radical (unpaired) electrons. The molecular weight excluding hydrogens is 441 g/mol. The number of ether oxygens (including phenoxy) is 1. The lowest BCUT2D eigenvalue weighted by atomic mass is 9.94. The van der Waals surface area contributed by atoms with Crippen LogP contribution in [0.5, 0.6) is 5.75 Å². The maximum absolute atomic E-state index is 14.0. The van der Waals surface area contributed by atoms with Crippen molar-refractivity contribution in [1.82, 2.24) is 5.32 Å². The number of fused-ring (bicyclic) bond motifs is 1. The van der Waals surface area contributed by atoms with Crippen molar-refractivity contribution >= 4 is 29.1 Å². The number of halogens is 2. The summed E-state index contributed by atoms with van der Waals surface area (Å²) >= 11 is 0. The number of carbonyl (C=O) groups is 1. The number of rotatable bonds is 7. The Morgan fingerprint density at radius 1 is 1.03 bits per heavy atom. The van der Waals surface area contributed by atoms with Gasteiger partial charge in [-0.05, 0) is 76.3 Å². The van der Waals surface area contributed by atoms with E-state index in [1.54, 1.807) is 13.2 Å². The van der Waals surface area contributed by atoms with Gasteiger partial charge in [0.05, 0.1) is 12.7 Å². The van der Waals surface area contributed by atoms with E-state index in [1.165, 1.54) is 12.1 Å². The number of methoxy groups -OCH3 is 1. The summed E-state index contributed by atoms with van der Waals surface area (Å²) in [6.45, 7) is 2.71. The number of carboxylic acid groups (broad SMARTS) is 1. The molecule has 0 aliphatic rings. The number of nitrogens with one attached hydrogen (secondary N) is 1. The zero-order valence-electron chi connectivity index (χ0n) is 18.3. The summed E-state index contributed by atoms with van der Waals surface area (Å²) < 4.78 is 19.3. The second kappa shape index (κ2) is 10.5. The summed E-state index contributed by atoms with van der Waals surface area (Å²) in [4.78, 5) is 11.4. The number of carboxylic acids is 1. The van der Waals surface area contributed by atoms with Gasteiger partial charge in [-0.25, -0.2) is 9.18 Å². The summed E-state index contributed by atoms with van der Waals surface area (Å²) in [5.74, 6) is -1.20. The van der Waals surface area contributed by atoms with Gasteiger partial charge in [0.1, 0.15) is 11.6 Å². The number of benzene rings is 4. The zero-order valence-corrected chi connectivity index (χ0v) is 19.2. The molecule has 33 heavy (non-hydrogen) atoms. The van der Waals surface area contributed by atoms with Crippen LogP contribution in [0.1, 0.15) is 34.5 Å². The summed E-state index contributed by atoms with van der Waals surface area (Å²) in [5.41, 5.74) is 3.38. The van der Waals surface area contributed by atoms with Crippen LogP contribution >= 0.6 is 12.4 Å².